The zero-order valence-corrected chi connectivity index (χ0v) is 10.7. The fraction of sp³-hybridized carbons (Fsp3) is 0.357. The van der Waals surface area contributed by atoms with E-state index in [-0.39, 0.29) is 0 Å². The molecule has 3 heteroatoms. The molecule has 0 saturated heterocycles. The first-order valence-corrected chi connectivity index (χ1v) is 5.93. The minimum absolute atomic E-state index is 0.642. The average molecular weight is 229 g/mol. The minimum Gasteiger partial charge on any atom is -0.330 e. The molecule has 90 valence electrons. The van der Waals surface area contributed by atoms with E-state index < -0.39 is 0 Å². The summed E-state index contributed by atoms with van der Waals surface area (Å²) in [5.74, 6) is 0. The number of aryl methyl sites for hydroxylation is 3. The summed E-state index contributed by atoms with van der Waals surface area (Å²) in [5.41, 5.74) is 11.7. The third kappa shape index (κ3) is 2.39. The standard InChI is InChI=1S/C14H19N3/c1-10-6-11(2)14(12(3)7-10)17-8-13(4-5-15)16-9-17/h6-9H,4-5,15H2,1-3H3. The number of imidazole rings is 1. The Morgan fingerprint density at radius 2 is 1.82 bits per heavy atom. The van der Waals surface area contributed by atoms with E-state index in [1.54, 1.807) is 0 Å². The SMILES string of the molecule is Cc1cc(C)c(-n2cnc(CCN)c2)c(C)c1. The maximum atomic E-state index is 5.54. The molecule has 0 aliphatic carbocycles. The molecule has 0 unspecified atom stereocenters. The zero-order chi connectivity index (χ0) is 12.4. The molecule has 2 N–H and O–H groups in total. The number of hydrogen-bond donors (Lipinski definition) is 1. The average Bonchev–Trinajstić information content (AvgIpc) is 2.65. The second-order valence-corrected chi connectivity index (χ2v) is 4.56. The van der Waals surface area contributed by atoms with Crippen molar-refractivity contribution in [3.05, 3.63) is 47.0 Å². The van der Waals surface area contributed by atoms with Gasteiger partial charge in [0.1, 0.15) is 0 Å². The van der Waals surface area contributed by atoms with Gasteiger partial charge in [0.05, 0.1) is 17.7 Å². The van der Waals surface area contributed by atoms with Crippen LogP contribution >= 0.6 is 0 Å². The number of aromatic nitrogens is 2. The molecule has 1 aromatic carbocycles. The van der Waals surface area contributed by atoms with Crippen LogP contribution in [0, 0.1) is 20.8 Å². The normalized spacial score (nSPS) is 10.8. The highest BCUT2D eigenvalue weighted by Crippen LogP contribution is 2.21. The number of hydrogen-bond acceptors (Lipinski definition) is 2. The van der Waals surface area contributed by atoms with E-state index in [9.17, 15) is 0 Å². The molecule has 0 radical (unpaired) electrons. The summed E-state index contributed by atoms with van der Waals surface area (Å²) >= 11 is 0. The van der Waals surface area contributed by atoms with Gasteiger partial charge in [-0.25, -0.2) is 4.98 Å². The molecule has 2 rings (SSSR count). The molecular formula is C14H19N3. The van der Waals surface area contributed by atoms with E-state index >= 15 is 0 Å². The Hall–Kier alpha value is -1.61. The van der Waals surface area contributed by atoms with Crippen LogP contribution in [0.1, 0.15) is 22.4 Å². The monoisotopic (exact) mass is 229 g/mol. The van der Waals surface area contributed by atoms with Gasteiger partial charge in [0, 0.05) is 12.6 Å². The Balaban J connectivity index is 2.45. The number of nitrogens with zero attached hydrogens (tertiary/aromatic N) is 2. The summed E-state index contributed by atoms with van der Waals surface area (Å²) in [6, 6.07) is 4.40. The molecule has 3 nitrogen and oxygen atoms in total. The second kappa shape index (κ2) is 4.72. The van der Waals surface area contributed by atoms with Crippen LogP contribution in [0.25, 0.3) is 5.69 Å². The number of benzene rings is 1. The molecule has 0 atom stereocenters. The Labute approximate surface area is 102 Å². The Bertz CT molecular complexity index is 503. The van der Waals surface area contributed by atoms with Gasteiger partial charge in [0.25, 0.3) is 0 Å². The molecule has 0 bridgehead atoms. The van der Waals surface area contributed by atoms with Crippen LogP contribution in [0.4, 0.5) is 0 Å². The van der Waals surface area contributed by atoms with Crippen LogP contribution in [0.5, 0.6) is 0 Å². The van der Waals surface area contributed by atoms with Crippen molar-refractivity contribution >= 4 is 0 Å². The topological polar surface area (TPSA) is 43.8 Å². The maximum absolute atomic E-state index is 5.54. The van der Waals surface area contributed by atoms with Gasteiger partial charge < -0.3 is 10.3 Å². The summed E-state index contributed by atoms with van der Waals surface area (Å²) in [4.78, 5) is 4.37. The molecule has 0 fully saturated rings. The highest BCUT2D eigenvalue weighted by Gasteiger charge is 2.07. The van der Waals surface area contributed by atoms with Crippen molar-refractivity contribution in [2.45, 2.75) is 27.2 Å². The van der Waals surface area contributed by atoms with Crippen molar-refractivity contribution in [1.82, 2.24) is 9.55 Å². The van der Waals surface area contributed by atoms with Crippen LogP contribution in [-0.4, -0.2) is 16.1 Å². The van der Waals surface area contributed by atoms with E-state index in [0.717, 1.165) is 12.1 Å². The van der Waals surface area contributed by atoms with Crippen molar-refractivity contribution in [3.63, 3.8) is 0 Å². The van der Waals surface area contributed by atoms with Gasteiger partial charge in [-0.2, -0.15) is 0 Å². The molecule has 0 spiro atoms. The van der Waals surface area contributed by atoms with Crippen molar-refractivity contribution in [1.29, 1.82) is 0 Å². The van der Waals surface area contributed by atoms with Gasteiger partial charge in [-0.15, -0.1) is 0 Å². The van der Waals surface area contributed by atoms with Gasteiger partial charge in [-0.05, 0) is 38.4 Å². The highest BCUT2D eigenvalue weighted by molar-refractivity contribution is 5.49. The van der Waals surface area contributed by atoms with Crippen LogP contribution in [0.3, 0.4) is 0 Å². The van der Waals surface area contributed by atoms with Gasteiger partial charge in [-0.3, -0.25) is 0 Å². The predicted octanol–water partition coefficient (Wildman–Crippen LogP) is 2.30. The van der Waals surface area contributed by atoms with Crippen LogP contribution in [0.15, 0.2) is 24.7 Å². The van der Waals surface area contributed by atoms with Crippen LogP contribution in [-0.2, 0) is 6.42 Å². The van der Waals surface area contributed by atoms with Gasteiger partial charge in [0.2, 0.25) is 0 Å². The smallest absolute Gasteiger partial charge is 0.0995 e. The molecule has 1 heterocycles. The lowest BCUT2D eigenvalue weighted by Crippen LogP contribution is -2.03. The quantitative estimate of drug-likeness (QED) is 0.877. The maximum Gasteiger partial charge on any atom is 0.0995 e. The fourth-order valence-electron chi connectivity index (χ4n) is 2.34. The molecule has 0 amide bonds. The summed E-state index contributed by atoms with van der Waals surface area (Å²) in [5, 5.41) is 0. The predicted molar refractivity (Wildman–Crippen MR) is 70.5 cm³/mol. The van der Waals surface area contributed by atoms with Gasteiger partial charge in [-0.1, -0.05) is 17.7 Å². The van der Waals surface area contributed by atoms with E-state index in [0.29, 0.717) is 6.54 Å². The molecule has 1 aromatic heterocycles. The third-order valence-corrected chi connectivity index (χ3v) is 2.93. The van der Waals surface area contributed by atoms with E-state index in [4.69, 9.17) is 5.73 Å². The largest absolute Gasteiger partial charge is 0.330 e. The van der Waals surface area contributed by atoms with Crippen LogP contribution in [0.2, 0.25) is 0 Å². The summed E-state index contributed by atoms with van der Waals surface area (Å²) in [7, 11) is 0. The lowest BCUT2D eigenvalue weighted by Gasteiger charge is -2.11. The van der Waals surface area contributed by atoms with E-state index in [1.807, 2.05) is 6.33 Å². The highest BCUT2D eigenvalue weighted by atomic mass is 15.0. The Morgan fingerprint density at radius 3 is 2.41 bits per heavy atom. The molecule has 0 saturated carbocycles. The zero-order valence-electron chi connectivity index (χ0n) is 10.7. The van der Waals surface area contributed by atoms with Crippen molar-refractivity contribution in [2.24, 2.45) is 5.73 Å². The third-order valence-electron chi connectivity index (χ3n) is 2.93. The lowest BCUT2D eigenvalue weighted by atomic mass is 10.1. The first-order chi connectivity index (χ1) is 8.11. The van der Waals surface area contributed by atoms with E-state index in [1.165, 1.54) is 22.4 Å². The Kier molecular flexibility index (Phi) is 3.29. The second-order valence-electron chi connectivity index (χ2n) is 4.56. The molecule has 2 aromatic rings. The first-order valence-electron chi connectivity index (χ1n) is 5.93. The molecule has 17 heavy (non-hydrogen) atoms. The van der Waals surface area contributed by atoms with Crippen LogP contribution < -0.4 is 5.73 Å². The number of nitrogens with two attached hydrogens (primary N) is 1. The van der Waals surface area contributed by atoms with Crippen molar-refractivity contribution < 1.29 is 0 Å². The number of rotatable bonds is 3. The fourth-order valence-corrected chi connectivity index (χ4v) is 2.34. The molecular weight excluding hydrogens is 210 g/mol. The van der Waals surface area contributed by atoms with Gasteiger partial charge >= 0.3 is 0 Å². The first kappa shape index (κ1) is 11.9. The summed E-state index contributed by atoms with van der Waals surface area (Å²) in [6.07, 6.45) is 4.77. The summed E-state index contributed by atoms with van der Waals surface area (Å²) in [6.45, 7) is 7.04. The minimum atomic E-state index is 0.642. The summed E-state index contributed by atoms with van der Waals surface area (Å²) < 4.78 is 2.09. The van der Waals surface area contributed by atoms with Crippen molar-refractivity contribution in [3.8, 4) is 5.69 Å². The molecule has 0 aliphatic rings. The lowest BCUT2D eigenvalue weighted by molar-refractivity contribution is 0.934. The Morgan fingerprint density at radius 1 is 1.18 bits per heavy atom. The van der Waals surface area contributed by atoms with E-state index in [2.05, 4.69) is 48.7 Å². The van der Waals surface area contributed by atoms with Crippen molar-refractivity contribution in [2.75, 3.05) is 6.54 Å². The van der Waals surface area contributed by atoms with Gasteiger partial charge in [0.15, 0.2) is 0 Å². The molecule has 0 aliphatic heterocycles.